The molecule has 2 heterocycles. The Morgan fingerprint density at radius 3 is 2.33 bits per heavy atom. The largest absolute Gasteiger partial charge is 0.416 e. The van der Waals surface area contributed by atoms with Gasteiger partial charge >= 0.3 is 6.18 Å². The molecule has 0 radical (unpaired) electrons. The minimum absolute atomic E-state index is 0.0765. The van der Waals surface area contributed by atoms with Gasteiger partial charge in [0.15, 0.2) is 0 Å². The second kappa shape index (κ2) is 9.61. The average Bonchev–Trinajstić information content (AvgIpc) is 2.81. The molecule has 1 fully saturated rings. The zero-order valence-electron chi connectivity index (χ0n) is 18.1. The molecule has 2 aromatic carbocycles. The molecule has 174 valence electrons. The summed E-state index contributed by atoms with van der Waals surface area (Å²) in [5, 5.41) is 0. The quantitative estimate of drug-likeness (QED) is 0.617. The SMILES string of the molecule is CCN1CCN(C(=O)CN2C(=O)C(=Cc3ccc(C(F)(F)F)cc3)Sc3ccccc32)CC1. The zero-order valence-corrected chi connectivity index (χ0v) is 19.0. The number of hydrogen-bond donors (Lipinski definition) is 0. The molecular formula is C24H24F3N3O2S. The Labute approximate surface area is 194 Å². The summed E-state index contributed by atoms with van der Waals surface area (Å²) in [7, 11) is 0. The third-order valence-electron chi connectivity index (χ3n) is 5.83. The van der Waals surface area contributed by atoms with Gasteiger partial charge in [0.05, 0.1) is 16.2 Å². The molecule has 2 aliphatic heterocycles. The number of fused-ring (bicyclic) bond motifs is 1. The molecule has 0 unspecified atom stereocenters. The van der Waals surface area contributed by atoms with Crippen LogP contribution in [0.2, 0.25) is 0 Å². The molecule has 4 rings (SSSR count). The number of anilines is 1. The van der Waals surface area contributed by atoms with Crippen LogP contribution in [0.1, 0.15) is 18.1 Å². The minimum atomic E-state index is -4.42. The summed E-state index contributed by atoms with van der Waals surface area (Å²) in [5.74, 6) is -0.450. The summed E-state index contributed by atoms with van der Waals surface area (Å²) in [6, 6.07) is 12.0. The van der Waals surface area contributed by atoms with Crippen molar-refractivity contribution in [1.82, 2.24) is 9.80 Å². The molecule has 1 saturated heterocycles. The number of amides is 2. The van der Waals surface area contributed by atoms with Crippen LogP contribution in [0.25, 0.3) is 6.08 Å². The number of piperazine rings is 1. The Balaban J connectivity index is 1.56. The highest BCUT2D eigenvalue weighted by Crippen LogP contribution is 2.42. The summed E-state index contributed by atoms with van der Waals surface area (Å²) in [6.07, 6.45) is -2.85. The monoisotopic (exact) mass is 475 g/mol. The standard InChI is InChI=1S/C24H24F3N3O2S/c1-2-28-11-13-29(14-12-28)22(31)16-30-19-5-3-4-6-20(19)33-21(23(30)32)15-17-7-9-18(10-8-17)24(25,26)27/h3-10,15H,2,11-14,16H2,1H3. The first-order valence-electron chi connectivity index (χ1n) is 10.7. The fourth-order valence-corrected chi connectivity index (χ4v) is 4.95. The van der Waals surface area contributed by atoms with E-state index in [1.165, 1.54) is 28.8 Å². The van der Waals surface area contributed by atoms with E-state index in [0.29, 0.717) is 29.2 Å². The van der Waals surface area contributed by atoms with Crippen LogP contribution in [-0.2, 0) is 15.8 Å². The number of hydrogen-bond acceptors (Lipinski definition) is 4. The fraction of sp³-hybridized carbons (Fsp3) is 0.333. The molecule has 2 aromatic rings. The number of para-hydroxylation sites is 1. The molecular weight excluding hydrogens is 451 g/mol. The van der Waals surface area contributed by atoms with E-state index in [2.05, 4.69) is 11.8 Å². The maximum atomic E-state index is 13.3. The van der Waals surface area contributed by atoms with Gasteiger partial charge in [0.2, 0.25) is 5.91 Å². The number of rotatable bonds is 4. The molecule has 2 aliphatic rings. The van der Waals surface area contributed by atoms with Crippen LogP contribution in [0.5, 0.6) is 0 Å². The van der Waals surface area contributed by atoms with Crippen LogP contribution in [0.3, 0.4) is 0 Å². The van der Waals surface area contributed by atoms with Crippen molar-refractivity contribution in [2.45, 2.75) is 18.0 Å². The molecule has 0 atom stereocenters. The molecule has 0 N–H and O–H groups in total. The van der Waals surface area contributed by atoms with E-state index >= 15 is 0 Å². The number of halogens is 3. The van der Waals surface area contributed by atoms with Gasteiger partial charge in [0, 0.05) is 31.1 Å². The van der Waals surface area contributed by atoms with E-state index in [0.717, 1.165) is 36.7 Å². The van der Waals surface area contributed by atoms with E-state index in [9.17, 15) is 22.8 Å². The van der Waals surface area contributed by atoms with Gasteiger partial charge in [0.1, 0.15) is 6.54 Å². The second-order valence-corrected chi connectivity index (χ2v) is 8.99. The zero-order chi connectivity index (χ0) is 23.6. The number of nitrogens with zero attached hydrogens (tertiary/aromatic N) is 3. The van der Waals surface area contributed by atoms with Crippen LogP contribution in [0.4, 0.5) is 18.9 Å². The summed E-state index contributed by atoms with van der Waals surface area (Å²) in [4.78, 5) is 33.0. The molecule has 0 saturated carbocycles. The van der Waals surface area contributed by atoms with Crippen molar-refractivity contribution >= 4 is 35.3 Å². The molecule has 2 amide bonds. The lowest BCUT2D eigenvalue weighted by molar-refractivity contribution is -0.137. The van der Waals surface area contributed by atoms with E-state index in [1.54, 1.807) is 17.0 Å². The van der Waals surface area contributed by atoms with E-state index in [-0.39, 0.29) is 18.4 Å². The van der Waals surface area contributed by atoms with Gasteiger partial charge in [-0.1, -0.05) is 43.0 Å². The van der Waals surface area contributed by atoms with Gasteiger partial charge in [-0.25, -0.2) is 0 Å². The van der Waals surface area contributed by atoms with Crippen molar-refractivity contribution < 1.29 is 22.8 Å². The molecule has 5 nitrogen and oxygen atoms in total. The third-order valence-corrected chi connectivity index (χ3v) is 6.91. The number of benzene rings is 2. The Hall–Kier alpha value is -2.78. The first kappa shape index (κ1) is 23.4. The molecule has 0 bridgehead atoms. The predicted molar refractivity (Wildman–Crippen MR) is 123 cm³/mol. The fourth-order valence-electron chi connectivity index (χ4n) is 3.89. The predicted octanol–water partition coefficient (Wildman–Crippen LogP) is 4.35. The van der Waals surface area contributed by atoms with Gasteiger partial charge in [-0.15, -0.1) is 0 Å². The lowest BCUT2D eigenvalue weighted by Gasteiger charge is -2.36. The number of carbonyl (C=O) groups is 2. The van der Waals surface area contributed by atoms with Crippen LogP contribution in [0.15, 0.2) is 58.3 Å². The summed E-state index contributed by atoms with van der Waals surface area (Å²) in [5.41, 5.74) is 0.408. The smallest absolute Gasteiger partial charge is 0.339 e. The van der Waals surface area contributed by atoms with Gasteiger partial charge < -0.3 is 9.80 Å². The normalized spacial score (nSPS) is 18.5. The summed E-state index contributed by atoms with van der Waals surface area (Å²) < 4.78 is 38.6. The Kier molecular flexibility index (Phi) is 6.81. The maximum absolute atomic E-state index is 13.3. The molecule has 0 spiro atoms. The number of alkyl halides is 3. The molecule has 9 heteroatoms. The average molecular weight is 476 g/mol. The Morgan fingerprint density at radius 1 is 1.03 bits per heavy atom. The number of thioether (sulfide) groups is 1. The molecule has 33 heavy (non-hydrogen) atoms. The highest BCUT2D eigenvalue weighted by molar-refractivity contribution is 8.04. The van der Waals surface area contributed by atoms with E-state index in [1.807, 2.05) is 18.2 Å². The van der Waals surface area contributed by atoms with E-state index < -0.39 is 11.7 Å². The van der Waals surface area contributed by atoms with Crippen LogP contribution in [-0.4, -0.2) is 60.9 Å². The van der Waals surface area contributed by atoms with Gasteiger partial charge in [-0.3, -0.25) is 14.5 Å². The summed E-state index contributed by atoms with van der Waals surface area (Å²) in [6.45, 7) is 5.81. The van der Waals surface area contributed by atoms with Crippen molar-refractivity contribution in [3.63, 3.8) is 0 Å². The highest BCUT2D eigenvalue weighted by Gasteiger charge is 2.33. The number of likely N-dealkylation sites (N-methyl/N-ethyl adjacent to an activating group) is 1. The topological polar surface area (TPSA) is 43.9 Å². The maximum Gasteiger partial charge on any atom is 0.416 e. The lowest BCUT2D eigenvalue weighted by atomic mass is 10.1. The van der Waals surface area contributed by atoms with Crippen molar-refractivity contribution in [2.75, 3.05) is 44.2 Å². The van der Waals surface area contributed by atoms with E-state index in [4.69, 9.17) is 0 Å². The first-order chi connectivity index (χ1) is 15.8. The van der Waals surface area contributed by atoms with Crippen LogP contribution in [0, 0.1) is 0 Å². The van der Waals surface area contributed by atoms with Gasteiger partial charge in [-0.05, 0) is 42.4 Å². The minimum Gasteiger partial charge on any atom is -0.339 e. The second-order valence-electron chi connectivity index (χ2n) is 7.90. The van der Waals surface area contributed by atoms with Gasteiger partial charge in [-0.2, -0.15) is 13.2 Å². The third kappa shape index (κ3) is 5.25. The van der Waals surface area contributed by atoms with Crippen LogP contribution < -0.4 is 4.90 Å². The van der Waals surface area contributed by atoms with Gasteiger partial charge in [0.25, 0.3) is 5.91 Å². The van der Waals surface area contributed by atoms with Crippen molar-refractivity contribution in [2.24, 2.45) is 0 Å². The van der Waals surface area contributed by atoms with Crippen LogP contribution >= 0.6 is 11.8 Å². The van der Waals surface area contributed by atoms with Crippen molar-refractivity contribution in [3.8, 4) is 0 Å². The Morgan fingerprint density at radius 2 is 1.70 bits per heavy atom. The Bertz CT molecular complexity index is 1060. The summed E-state index contributed by atoms with van der Waals surface area (Å²) >= 11 is 1.26. The first-order valence-corrected chi connectivity index (χ1v) is 11.6. The molecule has 0 aromatic heterocycles. The lowest BCUT2D eigenvalue weighted by Crippen LogP contribution is -2.52. The van der Waals surface area contributed by atoms with Crippen molar-refractivity contribution in [3.05, 3.63) is 64.6 Å². The molecule has 0 aliphatic carbocycles. The number of carbonyl (C=O) groups excluding carboxylic acids is 2. The highest BCUT2D eigenvalue weighted by atomic mass is 32.2. The van der Waals surface area contributed by atoms with Crippen molar-refractivity contribution in [1.29, 1.82) is 0 Å².